The fourth-order valence-corrected chi connectivity index (χ4v) is 3.38. The molecule has 29 heavy (non-hydrogen) atoms. The van der Waals surface area contributed by atoms with Gasteiger partial charge in [0, 0.05) is 24.7 Å². The standard InChI is InChI=1S/C23H22N2O4/c26-22(17-6-4-9-20(16-17)29-19-7-2-1-3-8-19)24-18-11-13-25(14-12-18)23(27)21-10-5-15-28-21/h1-10,15-16,18H,11-14H2,(H,24,26). The second-order valence-electron chi connectivity index (χ2n) is 6.96. The molecule has 1 N–H and O–H groups in total. The second-order valence-corrected chi connectivity index (χ2v) is 6.96. The average Bonchev–Trinajstić information content (AvgIpc) is 3.30. The van der Waals surface area contributed by atoms with E-state index in [-0.39, 0.29) is 17.9 Å². The third-order valence-electron chi connectivity index (χ3n) is 4.92. The highest BCUT2D eigenvalue weighted by molar-refractivity contribution is 5.95. The van der Waals surface area contributed by atoms with Gasteiger partial charge in [-0.3, -0.25) is 9.59 Å². The van der Waals surface area contributed by atoms with Gasteiger partial charge in [-0.15, -0.1) is 0 Å². The zero-order chi connectivity index (χ0) is 20.1. The molecule has 0 spiro atoms. The number of para-hydroxylation sites is 1. The molecule has 148 valence electrons. The molecule has 1 aliphatic heterocycles. The van der Waals surface area contributed by atoms with Crippen molar-refractivity contribution < 1.29 is 18.7 Å². The van der Waals surface area contributed by atoms with E-state index >= 15 is 0 Å². The van der Waals surface area contributed by atoms with Crippen molar-refractivity contribution in [3.05, 3.63) is 84.3 Å². The van der Waals surface area contributed by atoms with E-state index in [1.165, 1.54) is 6.26 Å². The first-order chi connectivity index (χ1) is 14.2. The van der Waals surface area contributed by atoms with E-state index in [0.29, 0.717) is 43.0 Å². The quantitative estimate of drug-likeness (QED) is 0.712. The van der Waals surface area contributed by atoms with Crippen molar-refractivity contribution in [3.8, 4) is 11.5 Å². The van der Waals surface area contributed by atoms with Gasteiger partial charge in [0.15, 0.2) is 5.76 Å². The van der Waals surface area contributed by atoms with Crippen LogP contribution < -0.4 is 10.1 Å². The van der Waals surface area contributed by atoms with Crippen molar-refractivity contribution >= 4 is 11.8 Å². The highest BCUT2D eigenvalue weighted by atomic mass is 16.5. The molecule has 2 heterocycles. The Kier molecular flexibility index (Phi) is 5.61. The molecule has 0 aliphatic carbocycles. The number of nitrogens with one attached hydrogen (secondary N) is 1. The molecule has 6 nitrogen and oxygen atoms in total. The summed E-state index contributed by atoms with van der Waals surface area (Å²) in [7, 11) is 0. The number of piperidine rings is 1. The van der Waals surface area contributed by atoms with Crippen LogP contribution in [0.4, 0.5) is 0 Å². The molecule has 1 saturated heterocycles. The molecule has 1 aromatic heterocycles. The number of rotatable bonds is 5. The summed E-state index contributed by atoms with van der Waals surface area (Å²) < 4.78 is 11.0. The number of hydrogen-bond donors (Lipinski definition) is 1. The molecule has 2 aromatic carbocycles. The number of ether oxygens (including phenoxy) is 1. The molecule has 0 radical (unpaired) electrons. The molecule has 0 saturated carbocycles. The van der Waals surface area contributed by atoms with Crippen molar-refractivity contribution in [3.63, 3.8) is 0 Å². The fourth-order valence-electron chi connectivity index (χ4n) is 3.38. The molecule has 0 unspecified atom stereocenters. The SMILES string of the molecule is O=C(NC1CCN(C(=O)c2ccco2)CC1)c1cccc(Oc2ccccc2)c1. The van der Waals surface area contributed by atoms with Gasteiger partial charge in [-0.05, 0) is 55.3 Å². The molecule has 0 bridgehead atoms. The van der Waals surface area contributed by atoms with Crippen molar-refractivity contribution in [2.75, 3.05) is 13.1 Å². The van der Waals surface area contributed by atoms with Crippen molar-refractivity contribution in [1.29, 1.82) is 0 Å². The third-order valence-corrected chi connectivity index (χ3v) is 4.92. The van der Waals surface area contributed by atoms with Crippen LogP contribution in [0.1, 0.15) is 33.8 Å². The Morgan fingerprint density at radius 3 is 2.41 bits per heavy atom. The molecular weight excluding hydrogens is 368 g/mol. The molecule has 6 heteroatoms. The zero-order valence-corrected chi connectivity index (χ0v) is 15.9. The molecular formula is C23H22N2O4. The Morgan fingerprint density at radius 1 is 0.931 bits per heavy atom. The Hall–Kier alpha value is -3.54. The van der Waals surface area contributed by atoms with Crippen molar-refractivity contribution in [2.24, 2.45) is 0 Å². The van der Waals surface area contributed by atoms with Crippen molar-refractivity contribution in [1.82, 2.24) is 10.2 Å². The largest absolute Gasteiger partial charge is 0.459 e. The summed E-state index contributed by atoms with van der Waals surface area (Å²) in [5.41, 5.74) is 0.549. The smallest absolute Gasteiger partial charge is 0.289 e. The van der Waals surface area contributed by atoms with E-state index in [0.717, 1.165) is 5.75 Å². The molecule has 3 aromatic rings. The van der Waals surface area contributed by atoms with Gasteiger partial charge in [-0.1, -0.05) is 24.3 Å². The summed E-state index contributed by atoms with van der Waals surface area (Å²) in [5, 5.41) is 3.06. The first kappa shape index (κ1) is 18.8. The number of nitrogens with zero attached hydrogens (tertiary/aromatic N) is 1. The minimum atomic E-state index is -0.140. The summed E-state index contributed by atoms with van der Waals surface area (Å²) in [6.45, 7) is 1.17. The van der Waals surface area contributed by atoms with Crippen LogP contribution in [0.5, 0.6) is 11.5 Å². The van der Waals surface area contributed by atoms with E-state index in [1.807, 2.05) is 36.4 Å². The number of amides is 2. The summed E-state index contributed by atoms with van der Waals surface area (Å²) in [5.74, 6) is 1.44. The lowest BCUT2D eigenvalue weighted by molar-refractivity contribution is 0.0667. The van der Waals surface area contributed by atoms with Gasteiger partial charge in [0.05, 0.1) is 6.26 Å². The third kappa shape index (κ3) is 4.66. The van der Waals surface area contributed by atoms with Gasteiger partial charge in [-0.2, -0.15) is 0 Å². The molecule has 4 rings (SSSR count). The van der Waals surface area contributed by atoms with Crippen LogP contribution in [0.2, 0.25) is 0 Å². The van der Waals surface area contributed by atoms with Crippen molar-refractivity contribution in [2.45, 2.75) is 18.9 Å². The van der Waals surface area contributed by atoms with E-state index in [4.69, 9.17) is 9.15 Å². The van der Waals surface area contributed by atoms with Gasteiger partial charge in [0.25, 0.3) is 11.8 Å². The van der Waals surface area contributed by atoms with E-state index < -0.39 is 0 Å². The van der Waals surface area contributed by atoms with Crippen LogP contribution in [0.25, 0.3) is 0 Å². The van der Waals surface area contributed by atoms with Crippen LogP contribution in [0.3, 0.4) is 0 Å². The maximum absolute atomic E-state index is 12.7. The maximum Gasteiger partial charge on any atom is 0.289 e. The van der Waals surface area contributed by atoms with Crippen LogP contribution in [-0.4, -0.2) is 35.8 Å². The van der Waals surface area contributed by atoms with Crippen LogP contribution >= 0.6 is 0 Å². The average molecular weight is 390 g/mol. The maximum atomic E-state index is 12.7. The predicted octanol–water partition coefficient (Wildman–Crippen LogP) is 4.11. The first-order valence-corrected chi connectivity index (χ1v) is 9.65. The lowest BCUT2D eigenvalue weighted by Gasteiger charge is -2.31. The van der Waals surface area contributed by atoms with Crippen LogP contribution in [-0.2, 0) is 0 Å². The molecule has 2 amide bonds. The number of furan rings is 1. The Morgan fingerprint density at radius 2 is 1.69 bits per heavy atom. The number of carbonyl (C=O) groups is 2. The minimum Gasteiger partial charge on any atom is -0.459 e. The summed E-state index contributed by atoms with van der Waals surface area (Å²) in [4.78, 5) is 26.7. The van der Waals surface area contributed by atoms with Gasteiger partial charge in [-0.25, -0.2) is 0 Å². The number of likely N-dealkylation sites (tertiary alicyclic amines) is 1. The molecule has 0 atom stereocenters. The Balaban J connectivity index is 1.32. The molecule has 1 fully saturated rings. The lowest BCUT2D eigenvalue weighted by Crippen LogP contribution is -2.46. The highest BCUT2D eigenvalue weighted by Gasteiger charge is 2.26. The van der Waals surface area contributed by atoms with E-state index in [9.17, 15) is 9.59 Å². The monoisotopic (exact) mass is 390 g/mol. The lowest BCUT2D eigenvalue weighted by atomic mass is 10.0. The zero-order valence-electron chi connectivity index (χ0n) is 15.9. The Bertz CT molecular complexity index is 962. The normalized spacial score (nSPS) is 14.4. The first-order valence-electron chi connectivity index (χ1n) is 9.65. The van der Waals surface area contributed by atoms with Crippen LogP contribution in [0.15, 0.2) is 77.4 Å². The molecule has 1 aliphatic rings. The predicted molar refractivity (Wildman–Crippen MR) is 108 cm³/mol. The van der Waals surface area contributed by atoms with E-state index in [1.54, 1.807) is 35.2 Å². The van der Waals surface area contributed by atoms with Gasteiger partial charge < -0.3 is 19.4 Å². The second kappa shape index (κ2) is 8.65. The van der Waals surface area contributed by atoms with Gasteiger partial charge in [0.2, 0.25) is 0 Å². The fraction of sp³-hybridized carbons (Fsp3) is 0.217. The van der Waals surface area contributed by atoms with Crippen LogP contribution in [0, 0.1) is 0 Å². The topological polar surface area (TPSA) is 71.8 Å². The van der Waals surface area contributed by atoms with E-state index in [2.05, 4.69) is 5.32 Å². The summed E-state index contributed by atoms with van der Waals surface area (Å²) >= 11 is 0. The minimum absolute atomic E-state index is 0.0295. The number of hydrogen-bond acceptors (Lipinski definition) is 4. The Labute approximate surface area is 169 Å². The summed E-state index contributed by atoms with van der Waals surface area (Å²) in [6.07, 6.45) is 2.91. The number of carbonyl (C=O) groups excluding carboxylic acids is 2. The van der Waals surface area contributed by atoms with Gasteiger partial charge in [0.1, 0.15) is 11.5 Å². The summed E-state index contributed by atoms with van der Waals surface area (Å²) in [6, 6.07) is 20.0. The highest BCUT2D eigenvalue weighted by Crippen LogP contribution is 2.22. The van der Waals surface area contributed by atoms with Gasteiger partial charge >= 0.3 is 0 Å². The number of benzene rings is 2.